The summed E-state index contributed by atoms with van der Waals surface area (Å²) in [5.74, 6) is 3.47. The zero-order valence-electron chi connectivity index (χ0n) is 19.6. The second-order valence-corrected chi connectivity index (χ2v) is 9.14. The molecule has 0 aliphatic rings. The topological polar surface area (TPSA) is 112 Å². The van der Waals surface area contributed by atoms with Crippen LogP contribution in [0.5, 0.6) is 0 Å². The van der Waals surface area contributed by atoms with Crippen molar-refractivity contribution < 1.29 is 37.0 Å². The molecule has 0 spiro atoms. The van der Waals surface area contributed by atoms with Gasteiger partial charge in [0.15, 0.2) is 0 Å². The Morgan fingerprint density at radius 1 is 1.06 bits per heavy atom. The lowest BCUT2D eigenvalue weighted by molar-refractivity contribution is -0.244. The van der Waals surface area contributed by atoms with Crippen molar-refractivity contribution in [3.63, 3.8) is 0 Å². The SMILES string of the molecule is CC(C)(CCCOC(F)C(OCc1ccccc1)(C(=O)NN)C(F)F)NC(=O)OC(C)(C)C. The Labute approximate surface area is 192 Å². The third-order valence-electron chi connectivity index (χ3n) is 4.52. The second kappa shape index (κ2) is 12.2. The molecule has 0 aromatic heterocycles. The predicted octanol–water partition coefficient (Wildman–Crippen LogP) is 3.59. The molecule has 4 N–H and O–H groups in total. The van der Waals surface area contributed by atoms with Gasteiger partial charge in [-0.05, 0) is 53.0 Å². The Kier molecular flexibility index (Phi) is 10.6. The Morgan fingerprint density at radius 3 is 2.18 bits per heavy atom. The molecule has 2 amide bonds. The smallest absolute Gasteiger partial charge is 0.408 e. The maximum absolute atomic E-state index is 14.9. The van der Waals surface area contributed by atoms with Crippen LogP contribution in [0.4, 0.5) is 18.0 Å². The van der Waals surface area contributed by atoms with E-state index < -0.39 is 48.1 Å². The van der Waals surface area contributed by atoms with Crippen molar-refractivity contribution >= 4 is 12.0 Å². The Balaban J connectivity index is 2.74. The summed E-state index contributed by atoms with van der Waals surface area (Å²) in [5.41, 5.74) is -2.68. The summed E-state index contributed by atoms with van der Waals surface area (Å²) in [6.07, 6.45) is -6.49. The number of benzene rings is 1. The van der Waals surface area contributed by atoms with Crippen LogP contribution in [0.25, 0.3) is 0 Å². The number of halogens is 3. The number of hydrazine groups is 1. The van der Waals surface area contributed by atoms with Gasteiger partial charge in [0.2, 0.25) is 6.36 Å². The van der Waals surface area contributed by atoms with E-state index in [0.717, 1.165) is 0 Å². The van der Waals surface area contributed by atoms with Crippen molar-refractivity contribution in [2.24, 2.45) is 5.84 Å². The standard InChI is InChI=1S/C22H34F3N3O5/c1-20(2,3)33-19(30)27-21(4,5)12-9-13-31-17(25)22(16(23)24,18(29)28-26)32-14-15-10-7-6-8-11-15/h6-8,10-11,16-17H,9,12-14,26H2,1-5H3,(H,27,30)(H,28,29). The summed E-state index contributed by atoms with van der Waals surface area (Å²) in [6.45, 7) is 7.83. The molecule has 11 heteroatoms. The van der Waals surface area contributed by atoms with E-state index in [-0.39, 0.29) is 13.0 Å². The van der Waals surface area contributed by atoms with Gasteiger partial charge < -0.3 is 19.5 Å². The first-order chi connectivity index (χ1) is 15.2. The Morgan fingerprint density at radius 2 is 1.67 bits per heavy atom. The van der Waals surface area contributed by atoms with E-state index in [4.69, 9.17) is 20.1 Å². The number of carbonyl (C=O) groups excluding carboxylic acids is 2. The monoisotopic (exact) mass is 477 g/mol. The van der Waals surface area contributed by atoms with Crippen molar-refractivity contribution in [1.29, 1.82) is 0 Å². The Hall–Kier alpha value is -2.37. The molecule has 1 aromatic rings. The second-order valence-electron chi connectivity index (χ2n) is 9.14. The fraction of sp³-hybridized carbons (Fsp3) is 0.636. The molecule has 0 bridgehead atoms. The van der Waals surface area contributed by atoms with E-state index in [1.54, 1.807) is 65.0 Å². The minimum atomic E-state index is -3.56. The summed E-state index contributed by atoms with van der Waals surface area (Å²) in [6, 6.07) is 8.13. The van der Waals surface area contributed by atoms with E-state index in [0.29, 0.717) is 12.0 Å². The Bertz CT molecular complexity index is 759. The fourth-order valence-corrected chi connectivity index (χ4v) is 2.85. The molecule has 188 valence electrons. The molecule has 8 nitrogen and oxygen atoms in total. The van der Waals surface area contributed by atoms with Crippen LogP contribution in [0.2, 0.25) is 0 Å². The highest BCUT2D eigenvalue weighted by atomic mass is 19.3. The quantitative estimate of drug-likeness (QED) is 0.184. The van der Waals surface area contributed by atoms with Crippen LogP contribution in [0.3, 0.4) is 0 Å². The van der Waals surface area contributed by atoms with Crippen LogP contribution in [0, 0.1) is 0 Å². The van der Waals surface area contributed by atoms with Crippen LogP contribution in [0.1, 0.15) is 53.0 Å². The third-order valence-corrected chi connectivity index (χ3v) is 4.52. The molecule has 2 atom stereocenters. The minimum absolute atomic E-state index is 0.186. The summed E-state index contributed by atoms with van der Waals surface area (Å²) in [5, 5.41) is 2.68. The van der Waals surface area contributed by atoms with Crippen LogP contribution < -0.4 is 16.6 Å². The molecule has 1 rings (SSSR count). The van der Waals surface area contributed by atoms with Crippen molar-refractivity contribution in [3.05, 3.63) is 35.9 Å². The van der Waals surface area contributed by atoms with Crippen molar-refractivity contribution in [1.82, 2.24) is 10.7 Å². The summed E-state index contributed by atoms with van der Waals surface area (Å²) in [4.78, 5) is 24.1. The van der Waals surface area contributed by atoms with Gasteiger partial charge in [-0.1, -0.05) is 30.3 Å². The first-order valence-electron chi connectivity index (χ1n) is 10.5. The van der Waals surface area contributed by atoms with Gasteiger partial charge in [0, 0.05) is 5.54 Å². The zero-order valence-corrected chi connectivity index (χ0v) is 19.6. The number of hydrogen-bond acceptors (Lipinski definition) is 6. The molecular formula is C22H34F3N3O5. The van der Waals surface area contributed by atoms with Gasteiger partial charge in [0.05, 0.1) is 13.2 Å². The molecule has 0 radical (unpaired) electrons. The number of rotatable bonds is 12. The third kappa shape index (κ3) is 9.18. The molecule has 2 unspecified atom stereocenters. The average Bonchev–Trinajstić information content (AvgIpc) is 2.70. The first kappa shape index (κ1) is 28.7. The maximum Gasteiger partial charge on any atom is 0.408 e. The number of hydrogen-bond donors (Lipinski definition) is 3. The highest BCUT2D eigenvalue weighted by molar-refractivity contribution is 5.85. The lowest BCUT2D eigenvalue weighted by atomic mass is 9.99. The zero-order chi connectivity index (χ0) is 25.3. The van der Waals surface area contributed by atoms with Gasteiger partial charge in [-0.25, -0.2) is 23.8 Å². The molecule has 0 saturated carbocycles. The number of ether oxygens (including phenoxy) is 3. The summed E-state index contributed by atoms with van der Waals surface area (Å²) >= 11 is 0. The van der Waals surface area contributed by atoms with E-state index in [1.165, 1.54) is 5.43 Å². The highest BCUT2D eigenvalue weighted by Gasteiger charge is 2.57. The average molecular weight is 478 g/mol. The van der Waals surface area contributed by atoms with Gasteiger partial charge in [-0.3, -0.25) is 10.2 Å². The van der Waals surface area contributed by atoms with E-state index >= 15 is 0 Å². The molecule has 33 heavy (non-hydrogen) atoms. The lowest BCUT2D eigenvalue weighted by Gasteiger charge is -2.33. The molecule has 0 aliphatic carbocycles. The van der Waals surface area contributed by atoms with E-state index in [9.17, 15) is 22.8 Å². The van der Waals surface area contributed by atoms with Crippen LogP contribution in [0.15, 0.2) is 30.3 Å². The van der Waals surface area contributed by atoms with Gasteiger partial charge in [0.25, 0.3) is 17.9 Å². The number of nitrogens with two attached hydrogens (primary N) is 1. The van der Waals surface area contributed by atoms with E-state index in [1.807, 2.05) is 0 Å². The van der Waals surface area contributed by atoms with Crippen molar-refractivity contribution in [2.75, 3.05) is 6.61 Å². The van der Waals surface area contributed by atoms with Gasteiger partial charge in [0.1, 0.15) is 5.60 Å². The van der Waals surface area contributed by atoms with Crippen molar-refractivity contribution in [3.8, 4) is 0 Å². The van der Waals surface area contributed by atoms with Crippen LogP contribution in [-0.2, 0) is 25.6 Å². The van der Waals surface area contributed by atoms with E-state index in [2.05, 4.69) is 5.32 Å². The number of amides is 2. The van der Waals surface area contributed by atoms with Crippen LogP contribution >= 0.6 is 0 Å². The highest BCUT2D eigenvalue weighted by Crippen LogP contribution is 2.30. The van der Waals surface area contributed by atoms with Gasteiger partial charge >= 0.3 is 6.09 Å². The summed E-state index contributed by atoms with van der Waals surface area (Å²) in [7, 11) is 0. The normalized spacial score (nSPS) is 15.0. The molecular weight excluding hydrogens is 443 g/mol. The number of nitrogens with one attached hydrogen (secondary N) is 2. The largest absolute Gasteiger partial charge is 0.444 e. The number of alkyl carbamates (subject to hydrolysis) is 1. The molecule has 0 fully saturated rings. The lowest BCUT2D eigenvalue weighted by Crippen LogP contribution is -2.62. The minimum Gasteiger partial charge on any atom is -0.444 e. The van der Waals surface area contributed by atoms with Crippen molar-refractivity contribution in [2.45, 2.75) is 83.6 Å². The molecule has 0 saturated heterocycles. The number of carbonyl (C=O) groups is 2. The molecule has 0 heterocycles. The van der Waals surface area contributed by atoms with Crippen LogP contribution in [-0.4, -0.2) is 48.1 Å². The fourth-order valence-electron chi connectivity index (χ4n) is 2.85. The van der Waals surface area contributed by atoms with Gasteiger partial charge in [-0.2, -0.15) is 0 Å². The molecule has 0 aliphatic heterocycles. The predicted molar refractivity (Wildman–Crippen MR) is 116 cm³/mol. The number of alkyl halides is 3. The molecule has 1 aromatic carbocycles. The van der Waals surface area contributed by atoms with Gasteiger partial charge in [-0.15, -0.1) is 0 Å². The first-order valence-corrected chi connectivity index (χ1v) is 10.5. The summed E-state index contributed by atoms with van der Waals surface area (Å²) < 4.78 is 57.9. The maximum atomic E-state index is 14.9.